The molecule has 0 bridgehead atoms. The SMILES string of the molecule is CC(C)C[C@@H](C(=O)NN)[C@H](CC=Cc1ccccc1)C(=O)OC(C)(C)C. The van der Waals surface area contributed by atoms with E-state index in [2.05, 4.69) is 5.43 Å². The minimum atomic E-state index is -0.611. The molecule has 0 unspecified atom stereocenters. The molecule has 0 aliphatic carbocycles. The maximum absolute atomic E-state index is 12.8. The molecule has 1 rings (SSSR count). The Hall–Kier alpha value is -2.14. The molecular weight excluding hydrogens is 328 g/mol. The van der Waals surface area contributed by atoms with Crippen LogP contribution in [0.3, 0.4) is 0 Å². The number of allylic oxidation sites excluding steroid dienone is 1. The number of carbonyl (C=O) groups excluding carboxylic acids is 2. The quantitative estimate of drug-likeness (QED) is 0.320. The summed E-state index contributed by atoms with van der Waals surface area (Å²) in [7, 11) is 0. The Morgan fingerprint density at radius 3 is 2.27 bits per heavy atom. The van der Waals surface area contributed by atoms with Gasteiger partial charge < -0.3 is 4.74 Å². The molecular formula is C21H32N2O3. The number of esters is 1. The fraction of sp³-hybridized carbons (Fsp3) is 0.524. The topological polar surface area (TPSA) is 81.4 Å². The summed E-state index contributed by atoms with van der Waals surface area (Å²) in [6, 6.07) is 9.82. The first-order valence-electron chi connectivity index (χ1n) is 9.09. The van der Waals surface area contributed by atoms with Crippen LogP contribution in [0, 0.1) is 17.8 Å². The first kappa shape index (κ1) is 21.9. The van der Waals surface area contributed by atoms with E-state index in [1.807, 2.05) is 77.1 Å². The van der Waals surface area contributed by atoms with Crippen molar-refractivity contribution in [2.45, 2.75) is 53.1 Å². The molecule has 1 amide bonds. The molecule has 0 aliphatic rings. The minimum absolute atomic E-state index is 0.250. The van der Waals surface area contributed by atoms with E-state index in [1.165, 1.54) is 0 Å². The Morgan fingerprint density at radius 1 is 1.15 bits per heavy atom. The van der Waals surface area contributed by atoms with E-state index >= 15 is 0 Å². The van der Waals surface area contributed by atoms with E-state index in [-0.39, 0.29) is 17.8 Å². The number of benzene rings is 1. The highest BCUT2D eigenvalue weighted by Gasteiger charge is 2.35. The fourth-order valence-electron chi connectivity index (χ4n) is 2.79. The van der Waals surface area contributed by atoms with Crippen LogP contribution >= 0.6 is 0 Å². The summed E-state index contributed by atoms with van der Waals surface area (Å²) in [6.07, 6.45) is 4.84. The van der Waals surface area contributed by atoms with Crippen molar-refractivity contribution in [3.8, 4) is 0 Å². The summed E-state index contributed by atoms with van der Waals surface area (Å²) in [5.41, 5.74) is 2.64. The minimum Gasteiger partial charge on any atom is -0.460 e. The summed E-state index contributed by atoms with van der Waals surface area (Å²) in [4.78, 5) is 25.1. The summed E-state index contributed by atoms with van der Waals surface area (Å²) in [5.74, 6) is 3.80. The van der Waals surface area contributed by atoms with Gasteiger partial charge in [-0.25, -0.2) is 5.84 Å². The number of hydrogen-bond donors (Lipinski definition) is 2. The first-order valence-corrected chi connectivity index (χ1v) is 9.09. The van der Waals surface area contributed by atoms with E-state index in [1.54, 1.807) is 0 Å². The zero-order chi connectivity index (χ0) is 19.7. The lowest BCUT2D eigenvalue weighted by atomic mass is 9.82. The largest absolute Gasteiger partial charge is 0.460 e. The maximum atomic E-state index is 12.8. The molecule has 144 valence electrons. The zero-order valence-electron chi connectivity index (χ0n) is 16.5. The lowest BCUT2D eigenvalue weighted by Gasteiger charge is -2.28. The molecule has 1 aromatic rings. The van der Waals surface area contributed by atoms with Gasteiger partial charge in [-0.2, -0.15) is 0 Å². The van der Waals surface area contributed by atoms with Crippen molar-refractivity contribution in [2.75, 3.05) is 0 Å². The van der Waals surface area contributed by atoms with Gasteiger partial charge in [0.1, 0.15) is 5.60 Å². The summed E-state index contributed by atoms with van der Waals surface area (Å²) >= 11 is 0. The van der Waals surface area contributed by atoms with Gasteiger partial charge in [0.2, 0.25) is 5.91 Å². The van der Waals surface area contributed by atoms with Crippen LogP contribution in [-0.4, -0.2) is 17.5 Å². The highest BCUT2D eigenvalue weighted by Crippen LogP contribution is 2.27. The van der Waals surface area contributed by atoms with Crippen molar-refractivity contribution in [1.29, 1.82) is 0 Å². The molecule has 0 spiro atoms. The van der Waals surface area contributed by atoms with Gasteiger partial charge in [-0.1, -0.05) is 56.3 Å². The number of rotatable bonds is 8. The molecule has 0 saturated carbocycles. The van der Waals surface area contributed by atoms with Crippen LogP contribution in [0.1, 0.15) is 53.0 Å². The van der Waals surface area contributed by atoms with E-state index in [4.69, 9.17) is 10.6 Å². The second-order valence-corrected chi connectivity index (χ2v) is 7.93. The van der Waals surface area contributed by atoms with Crippen LogP contribution in [0.25, 0.3) is 6.08 Å². The molecule has 1 aromatic carbocycles. The molecule has 0 heterocycles. The molecule has 26 heavy (non-hydrogen) atoms. The van der Waals surface area contributed by atoms with Crippen molar-refractivity contribution in [3.63, 3.8) is 0 Å². The molecule has 0 aromatic heterocycles. The molecule has 5 nitrogen and oxygen atoms in total. The predicted octanol–water partition coefficient (Wildman–Crippen LogP) is 3.70. The molecule has 3 N–H and O–H groups in total. The van der Waals surface area contributed by atoms with E-state index < -0.39 is 17.4 Å². The Morgan fingerprint density at radius 2 is 1.77 bits per heavy atom. The number of ether oxygens (including phenoxy) is 1. The Bertz CT molecular complexity index is 603. The maximum Gasteiger partial charge on any atom is 0.310 e. The third-order valence-corrected chi connectivity index (χ3v) is 3.90. The number of hydrazine groups is 1. The van der Waals surface area contributed by atoms with Crippen LogP contribution < -0.4 is 11.3 Å². The second-order valence-electron chi connectivity index (χ2n) is 7.93. The molecule has 0 aliphatic heterocycles. The monoisotopic (exact) mass is 360 g/mol. The molecule has 2 atom stereocenters. The fourth-order valence-corrected chi connectivity index (χ4v) is 2.79. The third-order valence-electron chi connectivity index (χ3n) is 3.90. The van der Waals surface area contributed by atoms with E-state index in [9.17, 15) is 9.59 Å². The first-order chi connectivity index (χ1) is 12.1. The number of carbonyl (C=O) groups is 2. The van der Waals surface area contributed by atoms with Crippen molar-refractivity contribution in [2.24, 2.45) is 23.6 Å². The lowest BCUT2D eigenvalue weighted by Crippen LogP contribution is -2.43. The highest BCUT2D eigenvalue weighted by atomic mass is 16.6. The predicted molar refractivity (Wildman–Crippen MR) is 105 cm³/mol. The van der Waals surface area contributed by atoms with Gasteiger partial charge in [0.25, 0.3) is 0 Å². The Kier molecular flexibility index (Phi) is 8.52. The molecule has 0 saturated heterocycles. The Balaban J connectivity index is 3.04. The standard InChI is InChI=1S/C21H32N2O3/c1-15(2)14-18(19(24)23-22)17(20(25)26-21(3,4)5)13-9-12-16-10-7-6-8-11-16/h6-12,15,17-18H,13-14,22H2,1-5H3,(H,23,24)/t17-,18+/m0/s1. The zero-order valence-corrected chi connectivity index (χ0v) is 16.5. The molecule has 0 fully saturated rings. The van der Waals surface area contributed by atoms with Gasteiger partial charge in [-0.3, -0.25) is 15.0 Å². The van der Waals surface area contributed by atoms with Crippen LogP contribution in [0.15, 0.2) is 36.4 Å². The van der Waals surface area contributed by atoms with Crippen LogP contribution in [0.4, 0.5) is 0 Å². The van der Waals surface area contributed by atoms with Crippen LogP contribution in [0.5, 0.6) is 0 Å². The normalized spacial score (nSPS) is 14.3. The Labute approximate surface area is 157 Å². The van der Waals surface area contributed by atoms with Gasteiger partial charge in [-0.05, 0) is 45.1 Å². The second kappa shape index (κ2) is 10.1. The molecule has 5 heteroatoms. The average molecular weight is 360 g/mol. The van der Waals surface area contributed by atoms with Crippen molar-refractivity contribution < 1.29 is 14.3 Å². The molecule has 0 radical (unpaired) electrons. The van der Waals surface area contributed by atoms with Gasteiger partial charge in [0.05, 0.1) is 11.8 Å². The van der Waals surface area contributed by atoms with Crippen LogP contribution in [-0.2, 0) is 14.3 Å². The average Bonchev–Trinajstić information content (AvgIpc) is 2.55. The summed E-state index contributed by atoms with van der Waals surface area (Å²) < 4.78 is 5.57. The van der Waals surface area contributed by atoms with Crippen LogP contribution in [0.2, 0.25) is 0 Å². The van der Waals surface area contributed by atoms with Gasteiger partial charge >= 0.3 is 5.97 Å². The number of amides is 1. The highest BCUT2D eigenvalue weighted by molar-refractivity contribution is 5.85. The summed E-state index contributed by atoms with van der Waals surface area (Å²) in [6.45, 7) is 9.50. The van der Waals surface area contributed by atoms with Crippen molar-refractivity contribution in [1.82, 2.24) is 5.43 Å². The number of nitrogens with one attached hydrogen (secondary N) is 1. The van der Waals surface area contributed by atoms with E-state index in [0.29, 0.717) is 12.8 Å². The number of nitrogens with two attached hydrogens (primary N) is 1. The number of hydrogen-bond acceptors (Lipinski definition) is 4. The van der Waals surface area contributed by atoms with Gasteiger partial charge in [-0.15, -0.1) is 0 Å². The summed E-state index contributed by atoms with van der Waals surface area (Å²) in [5, 5.41) is 0. The lowest BCUT2D eigenvalue weighted by molar-refractivity contribution is -0.164. The van der Waals surface area contributed by atoms with Gasteiger partial charge in [0, 0.05) is 0 Å². The van der Waals surface area contributed by atoms with Gasteiger partial charge in [0.15, 0.2) is 0 Å². The van der Waals surface area contributed by atoms with E-state index in [0.717, 1.165) is 5.56 Å². The smallest absolute Gasteiger partial charge is 0.310 e. The van der Waals surface area contributed by atoms with Crippen molar-refractivity contribution in [3.05, 3.63) is 42.0 Å². The third kappa shape index (κ3) is 7.83. The van der Waals surface area contributed by atoms with Crippen molar-refractivity contribution >= 4 is 18.0 Å².